The minimum Gasteiger partial charge on any atom is -0.496 e. The van der Waals surface area contributed by atoms with Crippen LogP contribution in [0.1, 0.15) is 37.2 Å². The zero-order chi connectivity index (χ0) is 13.1. The standard InChI is InChI=1S/C14H17ClO3/c1-18-13-7-6-9(15)8-12(13)10-4-2-3-5-11(10)14(16)17/h6-8,10-11H,2-5H2,1H3,(H,16,17). The molecule has 2 atom stereocenters. The van der Waals surface area contributed by atoms with E-state index >= 15 is 0 Å². The molecule has 0 spiro atoms. The highest BCUT2D eigenvalue weighted by atomic mass is 35.5. The van der Waals surface area contributed by atoms with Gasteiger partial charge in [0.05, 0.1) is 13.0 Å². The Balaban J connectivity index is 2.38. The van der Waals surface area contributed by atoms with Crippen LogP contribution in [0.2, 0.25) is 5.02 Å². The van der Waals surface area contributed by atoms with Crippen molar-refractivity contribution in [3.63, 3.8) is 0 Å². The van der Waals surface area contributed by atoms with Crippen LogP contribution in [0.15, 0.2) is 18.2 Å². The molecule has 1 N–H and O–H groups in total. The van der Waals surface area contributed by atoms with E-state index in [0.717, 1.165) is 37.0 Å². The average molecular weight is 269 g/mol. The molecule has 1 fully saturated rings. The van der Waals surface area contributed by atoms with Gasteiger partial charge in [-0.3, -0.25) is 4.79 Å². The number of carboxylic acid groups (broad SMARTS) is 1. The molecule has 3 nitrogen and oxygen atoms in total. The Morgan fingerprint density at radius 1 is 1.39 bits per heavy atom. The lowest BCUT2D eigenvalue weighted by molar-refractivity contribution is -0.143. The van der Waals surface area contributed by atoms with Gasteiger partial charge in [-0.1, -0.05) is 24.4 Å². The quantitative estimate of drug-likeness (QED) is 0.909. The third-order valence-electron chi connectivity index (χ3n) is 3.67. The maximum atomic E-state index is 11.3. The second-order valence-electron chi connectivity index (χ2n) is 4.72. The van der Waals surface area contributed by atoms with Crippen LogP contribution < -0.4 is 4.74 Å². The van der Waals surface area contributed by atoms with Gasteiger partial charge in [-0.25, -0.2) is 0 Å². The summed E-state index contributed by atoms with van der Waals surface area (Å²) in [5.74, 6) is -0.310. The first kappa shape index (κ1) is 13.2. The van der Waals surface area contributed by atoms with Gasteiger partial charge in [-0.15, -0.1) is 0 Å². The van der Waals surface area contributed by atoms with Crippen LogP contribution in [0.3, 0.4) is 0 Å². The summed E-state index contributed by atoms with van der Waals surface area (Å²) in [5, 5.41) is 9.95. The summed E-state index contributed by atoms with van der Waals surface area (Å²) < 4.78 is 5.33. The lowest BCUT2D eigenvalue weighted by Crippen LogP contribution is -2.25. The third kappa shape index (κ3) is 2.61. The largest absolute Gasteiger partial charge is 0.496 e. The van der Waals surface area contributed by atoms with Crippen LogP contribution in [-0.4, -0.2) is 18.2 Å². The monoisotopic (exact) mass is 268 g/mol. The lowest BCUT2D eigenvalue weighted by Gasteiger charge is -2.30. The second kappa shape index (κ2) is 5.61. The molecule has 2 unspecified atom stereocenters. The fourth-order valence-electron chi connectivity index (χ4n) is 2.79. The number of benzene rings is 1. The molecule has 18 heavy (non-hydrogen) atoms. The molecule has 1 aromatic carbocycles. The van der Waals surface area contributed by atoms with Crippen LogP contribution in [-0.2, 0) is 4.79 Å². The van der Waals surface area contributed by atoms with E-state index in [1.807, 2.05) is 12.1 Å². The van der Waals surface area contributed by atoms with Crippen LogP contribution in [0.25, 0.3) is 0 Å². The molecule has 98 valence electrons. The molecule has 0 aliphatic heterocycles. The predicted octanol–water partition coefficient (Wildman–Crippen LogP) is 3.71. The summed E-state index contributed by atoms with van der Waals surface area (Å²) in [5.41, 5.74) is 0.928. The first-order valence-corrected chi connectivity index (χ1v) is 6.57. The SMILES string of the molecule is COc1ccc(Cl)cc1C1CCCCC1C(=O)O. The fourth-order valence-corrected chi connectivity index (χ4v) is 2.97. The molecule has 0 radical (unpaired) electrons. The Hall–Kier alpha value is -1.22. The van der Waals surface area contributed by atoms with E-state index < -0.39 is 5.97 Å². The molecule has 1 saturated carbocycles. The summed E-state index contributed by atoms with van der Waals surface area (Å²) in [6.45, 7) is 0. The molecule has 1 aliphatic carbocycles. The highest BCUT2D eigenvalue weighted by Gasteiger charge is 2.33. The van der Waals surface area contributed by atoms with Crippen LogP contribution in [0.5, 0.6) is 5.75 Å². The molecule has 0 saturated heterocycles. The normalized spacial score (nSPS) is 23.7. The van der Waals surface area contributed by atoms with Crippen molar-refractivity contribution in [1.29, 1.82) is 0 Å². The van der Waals surface area contributed by atoms with Crippen molar-refractivity contribution in [2.75, 3.05) is 7.11 Å². The van der Waals surface area contributed by atoms with Crippen molar-refractivity contribution in [3.05, 3.63) is 28.8 Å². The van der Waals surface area contributed by atoms with Gasteiger partial charge in [0, 0.05) is 10.9 Å². The Morgan fingerprint density at radius 3 is 2.78 bits per heavy atom. The molecule has 2 rings (SSSR count). The summed E-state index contributed by atoms with van der Waals surface area (Å²) in [4.78, 5) is 11.3. The van der Waals surface area contributed by atoms with Gasteiger partial charge in [0.25, 0.3) is 0 Å². The molecule has 0 amide bonds. The Bertz CT molecular complexity index is 445. The molecule has 0 aromatic heterocycles. The van der Waals surface area contributed by atoms with E-state index in [9.17, 15) is 9.90 Å². The van der Waals surface area contributed by atoms with Crippen molar-refractivity contribution in [2.24, 2.45) is 5.92 Å². The van der Waals surface area contributed by atoms with Crippen molar-refractivity contribution >= 4 is 17.6 Å². The van der Waals surface area contributed by atoms with E-state index in [2.05, 4.69) is 0 Å². The highest BCUT2D eigenvalue weighted by molar-refractivity contribution is 6.30. The summed E-state index contributed by atoms with van der Waals surface area (Å²) in [6.07, 6.45) is 3.66. The van der Waals surface area contributed by atoms with E-state index in [4.69, 9.17) is 16.3 Å². The number of methoxy groups -OCH3 is 1. The average Bonchev–Trinajstić information content (AvgIpc) is 2.38. The number of hydrogen-bond donors (Lipinski definition) is 1. The zero-order valence-electron chi connectivity index (χ0n) is 10.4. The first-order chi connectivity index (χ1) is 8.63. The van der Waals surface area contributed by atoms with Gasteiger partial charge in [-0.05, 0) is 36.6 Å². The summed E-state index contributed by atoms with van der Waals surface area (Å²) >= 11 is 6.02. The number of aliphatic carboxylic acids is 1. The molecular formula is C14H17ClO3. The maximum Gasteiger partial charge on any atom is 0.307 e. The van der Waals surface area contributed by atoms with Crippen molar-refractivity contribution in [2.45, 2.75) is 31.6 Å². The number of ether oxygens (including phenoxy) is 1. The second-order valence-corrected chi connectivity index (χ2v) is 5.16. The van der Waals surface area contributed by atoms with Crippen LogP contribution >= 0.6 is 11.6 Å². The predicted molar refractivity (Wildman–Crippen MR) is 70.3 cm³/mol. The molecule has 1 aromatic rings. The van der Waals surface area contributed by atoms with Gasteiger partial charge in [0.15, 0.2) is 0 Å². The van der Waals surface area contributed by atoms with E-state index in [1.165, 1.54) is 0 Å². The van der Waals surface area contributed by atoms with Gasteiger partial charge >= 0.3 is 5.97 Å². The molecule has 0 heterocycles. The molecular weight excluding hydrogens is 252 g/mol. The maximum absolute atomic E-state index is 11.3. The fraction of sp³-hybridized carbons (Fsp3) is 0.500. The van der Waals surface area contributed by atoms with E-state index in [1.54, 1.807) is 13.2 Å². The Labute approximate surface area is 112 Å². The van der Waals surface area contributed by atoms with Crippen LogP contribution in [0.4, 0.5) is 0 Å². The molecule has 0 bridgehead atoms. The lowest BCUT2D eigenvalue weighted by atomic mass is 9.75. The minimum atomic E-state index is -0.721. The zero-order valence-corrected chi connectivity index (χ0v) is 11.1. The Morgan fingerprint density at radius 2 is 2.11 bits per heavy atom. The number of rotatable bonds is 3. The summed E-state index contributed by atoms with van der Waals surface area (Å²) in [7, 11) is 1.60. The van der Waals surface area contributed by atoms with E-state index in [0.29, 0.717) is 5.02 Å². The van der Waals surface area contributed by atoms with Gasteiger partial charge in [0.1, 0.15) is 5.75 Å². The number of carboxylic acids is 1. The van der Waals surface area contributed by atoms with Crippen molar-refractivity contribution < 1.29 is 14.6 Å². The number of halogens is 1. The Kier molecular flexibility index (Phi) is 4.12. The van der Waals surface area contributed by atoms with Crippen molar-refractivity contribution in [1.82, 2.24) is 0 Å². The number of hydrogen-bond acceptors (Lipinski definition) is 2. The molecule has 1 aliphatic rings. The first-order valence-electron chi connectivity index (χ1n) is 6.19. The number of carbonyl (C=O) groups is 1. The minimum absolute atomic E-state index is 0.00454. The van der Waals surface area contributed by atoms with Gasteiger partial charge in [-0.2, -0.15) is 0 Å². The van der Waals surface area contributed by atoms with Crippen molar-refractivity contribution in [3.8, 4) is 5.75 Å². The molecule has 4 heteroatoms. The van der Waals surface area contributed by atoms with Gasteiger partial charge in [0.2, 0.25) is 0 Å². The van der Waals surface area contributed by atoms with Gasteiger partial charge < -0.3 is 9.84 Å². The topological polar surface area (TPSA) is 46.5 Å². The highest BCUT2D eigenvalue weighted by Crippen LogP contribution is 2.42. The smallest absolute Gasteiger partial charge is 0.307 e. The third-order valence-corrected chi connectivity index (χ3v) is 3.91. The summed E-state index contributed by atoms with van der Waals surface area (Å²) in [6, 6.07) is 5.42. The van der Waals surface area contributed by atoms with E-state index in [-0.39, 0.29) is 11.8 Å². The van der Waals surface area contributed by atoms with Crippen LogP contribution in [0, 0.1) is 5.92 Å².